The standard InChI is InChI=1S/C15H23N3O2S/c1-2-11-7-10-21-12(11)13(19)17-15(14(16)18-20)8-5-3-4-6-9-15/h7,10,20H,2-6,8-9H2,1H3,(H2,16,18)(H,17,19). The van der Waals surface area contributed by atoms with Crippen LogP contribution in [0.2, 0.25) is 0 Å². The fourth-order valence-corrected chi connectivity index (χ4v) is 3.85. The fourth-order valence-electron chi connectivity index (χ4n) is 2.96. The minimum atomic E-state index is -0.711. The molecule has 0 spiro atoms. The predicted molar refractivity (Wildman–Crippen MR) is 85.0 cm³/mol. The Morgan fingerprint density at radius 2 is 2.10 bits per heavy atom. The smallest absolute Gasteiger partial charge is 0.262 e. The summed E-state index contributed by atoms with van der Waals surface area (Å²) in [5.74, 6) is 0.00250. The molecule has 0 saturated heterocycles. The lowest BCUT2D eigenvalue weighted by molar-refractivity contribution is 0.0918. The number of hydrogen-bond acceptors (Lipinski definition) is 4. The van der Waals surface area contributed by atoms with Crippen molar-refractivity contribution in [1.82, 2.24) is 5.32 Å². The molecule has 1 fully saturated rings. The first kappa shape index (κ1) is 15.8. The lowest BCUT2D eigenvalue weighted by Crippen LogP contribution is -2.57. The lowest BCUT2D eigenvalue weighted by atomic mass is 9.88. The second kappa shape index (κ2) is 6.93. The molecule has 1 aliphatic carbocycles. The molecule has 1 aromatic rings. The molecule has 0 radical (unpaired) electrons. The van der Waals surface area contributed by atoms with Gasteiger partial charge < -0.3 is 16.3 Å². The summed E-state index contributed by atoms with van der Waals surface area (Å²) in [4.78, 5) is 13.3. The third kappa shape index (κ3) is 3.37. The van der Waals surface area contributed by atoms with Crippen molar-refractivity contribution in [3.8, 4) is 0 Å². The number of rotatable bonds is 4. The highest BCUT2D eigenvalue weighted by molar-refractivity contribution is 7.12. The van der Waals surface area contributed by atoms with Crippen molar-refractivity contribution in [1.29, 1.82) is 0 Å². The van der Waals surface area contributed by atoms with E-state index in [1.165, 1.54) is 11.3 Å². The molecule has 4 N–H and O–H groups in total. The van der Waals surface area contributed by atoms with Crippen molar-refractivity contribution in [3.05, 3.63) is 21.9 Å². The van der Waals surface area contributed by atoms with Gasteiger partial charge in [-0.05, 0) is 36.3 Å². The first-order valence-corrected chi connectivity index (χ1v) is 8.38. The Balaban J connectivity index is 2.24. The summed E-state index contributed by atoms with van der Waals surface area (Å²) in [5, 5.41) is 17.3. The average molecular weight is 309 g/mol. The Bertz CT molecular complexity index is 517. The van der Waals surface area contributed by atoms with Crippen LogP contribution < -0.4 is 11.1 Å². The van der Waals surface area contributed by atoms with E-state index in [-0.39, 0.29) is 11.7 Å². The molecule has 0 bridgehead atoms. The van der Waals surface area contributed by atoms with Gasteiger partial charge in [-0.15, -0.1) is 11.3 Å². The normalized spacial score (nSPS) is 19.0. The predicted octanol–water partition coefficient (Wildman–Crippen LogP) is 2.88. The molecule has 2 rings (SSSR count). The van der Waals surface area contributed by atoms with Gasteiger partial charge >= 0.3 is 0 Å². The van der Waals surface area contributed by atoms with Crippen molar-refractivity contribution in [2.24, 2.45) is 10.9 Å². The van der Waals surface area contributed by atoms with Gasteiger partial charge in [-0.2, -0.15) is 0 Å². The molecule has 6 heteroatoms. The van der Waals surface area contributed by atoms with E-state index in [4.69, 9.17) is 10.9 Å². The van der Waals surface area contributed by atoms with Crippen LogP contribution in [-0.4, -0.2) is 22.5 Å². The van der Waals surface area contributed by atoms with Gasteiger partial charge in [0.25, 0.3) is 5.91 Å². The number of carbonyl (C=O) groups is 1. The number of oxime groups is 1. The van der Waals surface area contributed by atoms with Gasteiger partial charge in [-0.3, -0.25) is 4.79 Å². The Morgan fingerprint density at radius 3 is 2.67 bits per heavy atom. The van der Waals surface area contributed by atoms with Gasteiger partial charge in [-0.25, -0.2) is 0 Å². The van der Waals surface area contributed by atoms with Crippen LogP contribution in [0.4, 0.5) is 0 Å². The van der Waals surface area contributed by atoms with E-state index in [9.17, 15) is 4.79 Å². The van der Waals surface area contributed by atoms with Crippen LogP contribution >= 0.6 is 11.3 Å². The van der Waals surface area contributed by atoms with Crippen LogP contribution in [0.1, 0.15) is 60.7 Å². The zero-order valence-corrected chi connectivity index (χ0v) is 13.2. The topological polar surface area (TPSA) is 87.7 Å². The molecule has 0 atom stereocenters. The zero-order valence-electron chi connectivity index (χ0n) is 12.4. The molecule has 0 aromatic carbocycles. The molecule has 21 heavy (non-hydrogen) atoms. The second-order valence-electron chi connectivity index (χ2n) is 5.56. The number of thiophene rings is 1. The molecule has 1 heterocycles. The summed E-state index contributed by atoms with van der Waals surface area (Å²) in [6.07, 6.45) is 6.46. The van der Waals surface area contributed by atoms with E-state index in [0.717, 1.165) is 55.4 Å². The van der Waals surface area contributed by atoms with E-state index in [1.54, 1.807) is 0 Å². The van der Waals surface area contributed by atoms with Crippen LogP contribution in [0.5, 0.6) is 0 Å². The van der Waals surface area contributed by atoms with Gasteiger partial charge in [0.15, 0.2) is 5.84 Å². The molecule has 5 nitrogen and oxygen atoms in total. The zero-order chi connectivity index (χ0) is 15.3. The maximum atomic E-state index is 12.6. The summed E-state index contributed by atoms with van der Waals surface area (Å²) >= 11 is 1.44. The Hall–Kier alpha value is -1.56. The highest BCUT2D eigenvalue weighted by Gasteiger charge is 2.37. The van der Waals surface area contributed by atoms with Crippen molar-refractivity contribution >= 4 is 23.1 Å². The van der Waals surface area contributed by atoms with E-state index >= 15 is 0 Å². The minimum Gasteiger partial charge on any atom is -0.409 e. The van der Waals surface area contributed by atoms with Crippen LogP contribution in [0, 0.1) is 0 Å². The SMILES string of the molecule is CCc1ccsc1C(=O)NC1(/C(N)=N/O)CCCCCC1. The summed E-state index contributed by atoms with van der Waals surface area (Å²) in [6, 6.07) is 1.98. The summed E-state index contributed by atoms with van der Waals surface area (Å²) in [6.45, 7) is 2.03. The number of carbonyl (C=O) groups excluding carboxylic acids is 1. The lowest BCUT2D eigenvalue weighted by Gasteiger charge is -2.32. The number of nitrogens with zero attached hydrogens (tertiary/aromatic N) is 1. The van der Waals surface area contributed by atoms with Crippen LogP contribution in [0.25, 0.3) is 0 Å². The molecular formula is C15H23N3O2S. The quantitative estimate of drug-likeness (QED) is 0.263. The Morgan fingerprint density at radius 1 is 1.43 bits per heavy atom. The van der Waals surface area contributed by atoms with Gasteiger partial charge in [0.2, 0.25) is 0 Å². The Labute approximate surface area is 129 Å². The fraction of sp³-hybridized carbons (Fsp3) is 0.600. The highest BCUT2D eigenvalue weighted by Crippen LogP contribution is 2.29. The van der Waals surface area contributed by atoms with Gasteiger partial charge in [0, 0.05) is 0 Å². The van der Waals surface area contributed by atoms with Crippen molar-refractivity contribution in [2.75, 3.05) is 0 Å². The third-order valence-electron chi connectivity index (χ3n) is 4.24. The van der Waals surface area contributed by atoms with E-state index in [1.807, 2.05) is 18.4 Å². The van der Waals surface area contributed by atoms with E-state index in [0.29, 0.717) is 0 Å². The number of nitrogens with one attached hydrogen (secondary N) is 1. The number of amides is 1. The highest BCUT2D eigenvalue weighted by atomic mass is 32.1. The third-order valence-corrected chi connectivity index (χ3v) is 5.20. The molecule has 1 amide bonds. The van der Waals surface area contributed by atoms with Crippen molar-refractivity contribution < 1.29 is 10.0 Å². The van der Waals surface area contributed by atoms with Gasteiger partial charge in [0.05, 0.1) is 4.88 Å². The average Bonchev–Trinajstić information content (AvgIpc) is 2.86. The first-order chi connectivity index (χ1) is 10.1. The second-order valence-corrected chi connectivity index (χ2v) is 6.48. The number of hydrogen-bond donors (Lipinski definition) is 3. The summed E-state index contributed by atoms with van der Waals surface area (Å²) < 4.78 is 0. The van der Waals surface area contributed by atoms with Crippen molar-refractivity contribution in [2.45, 2.75) is 57.4 Å². The molecule has 1 aromatic heterocycles. The number of nitrogens with two attached hydrogens (primary N) is 1. The maximum absolute atomic E-state index is 12.6. The first-order valence-electron chi connectivity index (χ1n) is 7.50. The molecule has 1 saturated carbocycles. The molecule has 116 valence electrons. The summed E-state index contributed by atoms with van der Waals surface area (Å²) in [7, 11) is 0. The molecule has 0 aliphatic heterocycles. The number of amidine groups is 1. The van der Waals surface area contributed by atoms with E-state index < -0.39 is 5.54 Å². The van der Waals surface area contributed by atoms with E-state index in [2.05, 4.69) is 10.5 Å². The minimum absolute atomic E-state index is 0.115. The van der Waals surface area contributed by atoms with Crippen LogP contribution in [-0.2, 0) is 6.42 Å². The van der Waals surface area contributed by atoms with Gasteiger partial charge in [0.1, 0.15) is 5.54 Å². The Kier molecular flexibility index (Phi) is 5.22. The monoisotopic (exact) mass is 309 g/mol. The number of aryl methyl sites for hydroxylation is 1. The maximum Gasteiger partial charge on any atom is 0.262 e. The van der Waals surface area contributed by atoms with Crippen molar-refractivity contribution in [3.63, 3.8) is 0 Å². The largest absolute Gasteiger partial charge is 0.409 e. The van der Waals surface area contributed by atoms with Crippen LogP contribution in [0.15, 0.2) is 16.6 Å². The van der Waals surface area contributed by atoms with Gasteiger partial charge in [-0.1, -0.05) is 37.8 Å². The molecule has 0 unspecified atom stereocenters. The molecular weight excluding hydrogens is 286 g/mol. The molecule has 1 aliphatic rings. The van der Waals surface area contributed by atoms with Crippen LogP contribution in [0.3, 0.4) is 0 Å². The summed E-state index contributed by atoms with van der Waals surface area (Å²) in [5.41, 5.74) is 6.24.